The Balaban J connectivity index is 2.61. The molecule has 2 N–H and O–H groups in total. The number of hydrogen-bond donors (Lipinski definition) is 1. The van der Waals surface area contributed by atoms with Crippen molar-refractivity contribution in [2.24, 2.45) is 5.73 Å². The van der Waals surface area contributed by atoms with Crippen molar-refractivity contribution < 1.29 is 9.15 Å². The van der Waals surface area contributed by atoms with Gasteiger partial charge in [0.15, 0.2) is 0 Å². The highest BCUT2D eigenvalue weighted by Gasteiger charge is 2.09. The fourth-order valence-electron chi connectivity index (χ4n) is 1.05. The van der Waals surface area contributed by atoms with Crippen LogP contribution < -0.4 is 5.73 Å². The van der Waals surface area contributed by atoms with Gasteiger partial charge in [0.05, 0.1) is 12.6 Å². The molecule has 1 aromatic rings. The first-order valence-electron chi connectivity index (χ1n) is 4.11. The molecule has 0 saturated heterocycles. The van der Waals surface area contributed by atoms with Gasteiger partial charge in [-0.2, -0.15) is 0 Å². The molecule has 3 nitrogen and oxygen atoms in total. The van der Waals surface area contributed by atoms with Gasteiger partial charge in [-0.1, -0.05) is 6.92 Å². The Morgan fingerprint density at radius 1 is 1.58 bits per heavy atom. The third-order valence-electron chi connectivity index (χ3n) is 1.74. The van der Waals surface area contributed by atoms with E-state index < -0.39 is 0 Å². The number of hydrogen-bond acceptors (Lipinski definition) is 3. The molecule has 68 valence electrons. The van der Waals surface area contributed by atoms with Crippen molar-refractivity contribution in [2.45, 2.75) is 19.4 Å². The molecule has 0 bridgehead atoms. The second-order valence-corrected chi connectivity index (χ2v) is 2.72. The van der Waals surface area contributed by atoms with Crippen molar-refractivity contribution in [1.29, 1.82) is 0 Å². The summed E-state index contributed by atoms with van der Waals surface area (Å²) in [6.07, 6.45) is 0.902. The van der Waals surface area contributed by atoms with Gasteiger partial charge in [0.1, 0.15) is 11.5 Å². The van der Waals surface area contributed by atoms with Crippen LogP contribution >= 0.6 is 0 Å². The topological polar surface area (TPSA) is 48.4 Å². The smallest absolute Gasteiger partial charge is 0.123 e. The van der Waals surface area contributed by atoms with Gasteiger partial charge in [-0.05, 0) is 12.1 Å². The minimum Gasteiger partial charge on any atom is -0.464 e. The monoisotopic (exact) mass is 169 g/mol. The van der Waals surface area contributed by atoms with Crippen molar-refractivity contribution in [2.75, 3.05) is 13.7 Å². The van der Waals surface area contributed by atoms with E-state index >= 15 is 0 Å². The van der Waals surface area contributed by atoms with Gasteiger partial charge in [-0.25, -0.2) is 0 Å². The summed E-state index contributed by atoms with van der Waals surface area (Å²) in [6.45, 7) is 2.54. The van der Waals surface area contributed by atoms with Crippen LogP contribution in [0.15, 0.2) is 16.5 Å². The van der Waals surface area contributed by atoms with E-state index in [1.165, 1.54) is 0 Å². The van der Waals surface area contributed by atoms with Crippen molar-refractivity contribution >= 4 is 0 Å². The van der Waals surface area contributed by atoms with Gasteiger partial charge in [0.25, 0.3) is 0 Å². The van der Waals surface area contributed by atoms with Crippen molar-refractivity contribution in [3.8, 4) is 0 Å². The first-order chi connectivity index (χ1) is 5.77. The molecule has 0 aliphatic heterocycles. The molecule has 0 amide bonds. The SMILES string of the molecule is CCc1ccc(C(N)COC)o1. The van der Waals surface area contributed by atoms with E-state index in [1.54, 1.807) is 7.11 Å². The highest BCUT2D eigenvalue weighted by atomic mass is 16.5. The molecule has 1 heterocycles. The lowest BCUT2D eigenvalue weighted by atomic mass is 10.2. The predicted octanol–water partition coefficient (Wildman–Crippen LogP) is 1.49. The fraction of sp³-hybridized carbons (Fsp3) is 0.556. The summed E-state index contributed by atoms with van der Waals surface area (Å²) in [5, 5.41) is 0. The summed E-state index contributed by atoms with van der Waals surface area (Å²) in [5.74, 6) is 1.77. The van der Waals surface area contributed by atoms with Crippen LogP contribution in [-0.2, 0) is 11.2 Å². The lowest BCUT2D eigenvalue weighted by Gasteiger charge is -2.05. The average molecular weight is 169 g/mol. The van der Waals surface area contributed by atoms with Crippen LogP contribution in [0.4, 0.5) is 0 Å². The Bertz CT molecular complexity index is 232. The molecule has 3 heteroatoms. The molecule has 0 spiro atoms. The van der Waals surface area contributed by atoms with E-state index in [0.29, 0.717) is 6.61 Å². The highest BCUT2D eigenvalue weighted by Crippen LogP contribution is 2.14. The van der Waals surface area contributed by atoms with E-state index in [2.05, 4.69) is 0 Å². The summed E-state index contributed by atoms with van der Waals surface area (Å²) in [7, 11) is 1.63. The van der Waals surface area contributed by atoms with Gasteiger partial charge in [-0.3, -0.25) is 0 Å². The maximum atomic E-state index is 5.75. The standard InChI is InChI=1S/C9H15NO2/c1-3-7-4-5-9(12-7)8(10)6-11-2/h4-5,8H,3,6,10H2,1-2H3. The summed E-state index contributed by atoms with van der Waals surface area (Å²) in [6, 6.07) is 3.71. The first kappa shape index (κ1) is 9.29. The first-order valence-corrected chi connectivity index (χ1v) is 4.11. The Morgan fingerprint density at radius 2 is 2.33 bits per heavy atom. The van der Waals surface area contributed by atoms with Gasteiger partial charge in [0, 0.05) is 13.5 Å². The van der Waals surface area contributed by atoms with Crippen LogP contribution in [0.2, 0.25) is 0 Å². The summed E-state index contributed by atoms with van der Waals surface area (Å²) < 4.78 is 10.4. The molecule has 1 atom stereocenters. The number of methoxy groups -OCH3 is 1. The molecule has 0 aliphatic rings. The molecule has 0 saturated carbocycles. The molecule has 0 radical (unpaired) electrons. The Morgan fingerprint density at radius 3 is 2.83 bits per heavy atom. The molecule has 1 unspecified atom stereocenters. The van der Waals surface area contributed by atoms with E-state index in [-0.39, 0.29) is 6.04 Å². The second kappa shape index (κ2) is 4.28. The molecule has 0 aromatic carbocycles. The molecular weight excluding hydrogens is 154 g/mol. The highest BCUT2D eigenvalue weighted by molar-refractivity contribution is 5.10. The Labute approximate surface area is 72.5 Å². The van der Waals surface area contributed by atoms with Gasteiger partial charge < -0.3 is 14.9 Å². The second-order valence-electron chi connectivity index (χ2n) is 2.72. The largest absolute Gasteiger partial charge is 0.464 e. The lowest BCUT2D eigenvalue weighted by molar-refractivity contribution is 0.172. The summed E-state index contributed by atoms with van der Waals surface area (Å²) in [4.78, 5) is 0. The van der Waals surface area contributed by atoms with Crippen LogP contribution in [0.5, 0.6) is 0 Å². The molecular formula is C9H15NO2. The number of nitrogens with two attached hydrogens (primary N) is 1. The molecule has 1 rings (SSSR count). The van der Waals surface area contributed by atoms with Crippen LogP contribution in [-0.4, -0.2) is 13.7 Å². The zero-order valence-electron chi connectivity index (χ0n) is 7.54. The maximum Gasteiger partial charge on any atom is 0.123 e. The van der Waals surface area contributed by atoms with Gasteiger partial charge in [-0.15, -0.1) is 0 Å². The van der Waals surface area contributed by atoms with Crippen LogP contribution in [0.1, 0.15) is 24.5 Å². The van der Waals surface area contributed by atoms with E-state index in [4.69, 9.17) is 14.9 Å². The predicted molar refractivity (Wildman–Crippen MR) is 46.9 cm³/mol. The molecule has 1 aromatic heterocycles. The van der Waals surface area contributed by atoms with Crippen molar-refractivity contribution in [3.05, 3.63) is 23.7 Å². The third kappa shape index (κ3) is 2.09. The fourth-order valence-corrected chi connectivity index (χ4v) is 1.05. The minimum absolute atomic E-state index is 0.143. The van der Waals surface area contributed by atoms with E-state index in [9.17, 15) is 0 Å². The summed E-state index contributed by atoms with van der Waals surface area (Å²) >= 11 is 0. The van der Waals surface area contributed by atoms with Crippen LogP contribution in [0.25, 0.3) is 0 Å². The average Bonchev–Trinajstić information content (AvgIpc) is 2.52. The molecule has 12 heavy (non-hydrogen) atoms. The lowest BCUT2D eigenvalue weighted by Crippen LogP contribution is -2.15. The van der Waals surface area contributed by atoms with Crippen molar-refractivity contribution in [3.63, 3.8) is 0 Å². The van der Waals surface area contributed by atoms with Crippen molar-refractivity contribution in [1.82, 2.24) is 0 Å². The quantitative estimate of drug-likeness (QED) is 0.742. The zero-order valence-corrected chi connectivity index (χ0v) is 7.54. The normalized spacial score (nSPS) is 13.2. The number of rotatable bonds is 4. The summed E-state index contributed by atoms with van der Waals surface area (Å²) in [5.41, 5.74) is 5.75. The van der Waals surface area contributed by atoms with E-state index in [0.717, 1.165) is 17.9 Å². The van der Waals surface area contributed by atoms with Crippen LogP contribution in [0, 0.1) is 0 Å². The molecule has 0 fully saturated rings. The Hall–Kier alpha value is -0.800. The third-order valence-corrected chi connectivity index (χ3v) is 1.74. The zero-order chi connectivity index (χ0) is 8.97. The number of ether oxygens (including phenoxy) is 1. The number of aryl methyl sites for hydroxylation is 1. The minimum atomic E-state index is -0.143. The maximum absolute atomic E-state index is 5.75. The van der Waals surface area contributed by atoms with Gasteiger partial charge >= 0.3 is 0 Å². The number of furan rings is 1. The van der Waals surface area contributed by atoms with E-state index in [1.807, 2.05) is 19.1 Å². The Kier molecular flexibility index (Phi) is 3.31. The van der Waals surface area contributed by atoms with Crippen LogP contribution in [0.3, 0.4) is 0 Å². The van der Waals surface area contributed by atoms with Gasteiger partial charge in [0.2, 0.25) is 0 Å². The molecule has 0 aliphatic carbocycles.